The molecule has 0 amide bonds. The SMILES string of the molecule is Cc1cccc(CN2OC3NCCC4(C)OC(=O)C2C34N)c1. The minimum absolute atomic E-state index is 0.288. The number of carbonyl (C=O) groups is 1. The van der Waals surface area contributed by atoms with Crippen molar-refractivity contribution in [3.8, 4) is 0 Å². The Morgan fingerprint density at radius 3 is 3.09 bits per heavy atom. The van der Waals surface area contributed by atoms with Crippen molar-refractivity contribution in [2.45, 2.75) is 50.2 Å². The van der Waals surface area contributed by atoms with Crippen LogP contribution < -0.4 is 11.1 Å². The first-order valence-corrected chi connectivity index (χ1v) is 7.68. The van der Waals surface area contributed by atoms with Crippen LogP contribution in [0.25, 0.3) is 0 Å². The van der Waals surface area contributed by atoms with Crippen molar-refractivity contribution in [3.05, 3.63) is 35.4 Å². The molecule has 0 radical (unpaired) electrons. The molecule has 3 saturated heterocycles. The normalized spacial score (nSPS) is 40.6. The first kappa shape index (κ1) is 14.1. The van der Waals surface area contributed by atoms with Gasteiger partial charge in [0.2, 0.25) is 0 Å². The summed E-state index contributed by atoms with van der Waals surface area (Å²) in [6, 6.07) is 7.58. The zero-order valence-electron chi connectivity index (χ0n) is 12.8. The van der Waals surface area contributed by atoms with Gasteiger partial charge in [0.15, 0.2) is 12.3 Å². The molecule has 3 aliphatic heterocycles. The molecule has 3 fully saturated rings. The van der Waals surface area contributed by atoms with Crippen LogP contribution in [0.3, 0.4) is 0 Å². The van der Waals surface area contributed by atoms with E-state index in [1.54, 1.807) is 5.06 Å². The number of hydrogen-bond donors (Lipinski definition) is 2. The lowest BCUT2D eigenvalue weighted by Gasteiger charge is -2.43. The van der Waals surface area contributed by atoms with Crippen LogP contribution in [0.2, 0.25) is 0 Å². The van der Waals surface area contributed by atoms with Crippen molar-refractivity contribution in [1.29, 1.82) is 0 Å². The number of esters is 1. The van der Waals surface area contributed by atoms with Gasteiger partial charge in [-0.05, 0) is 19.4 Å². The molecule has 3 heterocycles. The molecule has 1 aromatic carbocycles. The van der Waals surface area contributed by atoms with Crippen molar-refractivity contribution >= 4 is 5.97 Å². The first-order chi connectivity index (χ1) is 10.4. The van der Waals surface area contributed by atoms with Crippen LogP contribution >= 0.6 is 0 Å². The minimum Gasteiger partial charge on any atom is -0.456 e. The quantitative estimate of drug-likeness (QED) is 0.772. The number of piperidine rings is 1. The van der Waals surface area contributed by atoms with Crippen molar-refractivity contribution in [2.75, 3.05) is 6.54 Å². The van der Waals surface area contributed by atoms with Crippen LogP contribution in [0.1, 0.15) is 24.5 Å². The highest BCUT2D eigenvalue weighted by Crippen LogP contribution is 2.48. The third-order valence-electron chi connectivity index (χ3n) is 5.23. The summed E-state index contributed by atoms with van der Waals surface area (Å²) in [5, 5.41) is 4.96. The number of nitrogens with zero attached hydrogens (tertiary/aromatic N) is 1. The second-order valence-corrected chi connectivity index (χ2v) is 6.74. The van der Waals surface area contributed by atoms with Gasteiger partial charge in [0.25, 0.3) is 0 Å². The molecule has 22 heavy (non-hydrogen) atoms. The number of nitrogens with two attached hydrogens (primary N) is 1. The average molecular weight is 303 g/mol. The highest BCUT2D eigenvalue weighted by atomic mass is 16.7. The lowest BCUT2D eigenvalue weighted by molar-refractivity contribution is -0.209. The van der Waals surface area contributed by atoms with E-state index in [2.05, 4.69) is 11.4 Å². The van der Waals surface area contributed by atoms with Crippen LogP contribution in [0, 0.1) is 6.92 Å². The van der Waals surface area contributed by atoms with Gasteiger partial charge in [0.05, 0.1) is 6.54 Å². The van der Waals surface area contributed by atoms with E-state index in [0.29, 0.717) is 13.0 Å². The molecule has 3 aliphatic rings. The Balaban J connectivity index is 1.68. The van der Waals surface area contributed by atoms with Crippen molar-refractivity contribution in [1.82, 2.24) is 10.4 Å². The maximum absolute atomic E-state index is 12.4. The zero-order valence-corrected chi connectivity index (χ0v) is 12.8. The molecule has 4 unspecified atom stereocenters. The number of hydrogen-bond acceptors (Lipinski definition) is 6. The summed E-state index contributed by atoms with van der Waals surface area (Å²) in [5.41, 5.74) is 7.37. The largest absolute Gasteiger partial charge is 0.456 e. The lowest BCUT2D eigenvalue weighted by Crippen LogP contribution is -2.72. The molecule has 0 spiro atoms. The standard InChI is InChI=1S/C16H21N3O3/c1-10-4-3-5-11(8-10)9-19-12-13(20)21-15(2)6-7-18-14(22-19)16(12,15)17/h3-5,8,12,14,18H,6-7,9,17H2,1-2H3. The third kappa shape index (κ3) is 1.72. The van der Waals surface area contributed by atoms with Gasteiger partial charge in [0, 0.05) is 13.0 Å². The van der Waals surface area contributed by atoms with Gasteiger partial charge in [-0.15, -0.1) is 0 Å². The van der Waals surface area contributed by atoms with Gasteiger partial charge < -0.3 is 10.5 Å². The summed E-state index contributed by atoms with van der Waals surface area (Å²) in [7, 11) is 0. The van der Waals surface area contributed by atoms with Crippen molar-refractivity contribution in [3.63, 3.8) is 0 Å². The number of hydroxylamine groups is 2. The number of carbonyl (C=O) groups excluding carboxylic acids is 1. The molecule has 118 valence electrons. The molecule has 6 heteroatoms. The topological polar surface area (TPSA) is 76.8 Å². The second-order valence-electron chi connectivity index (χ2n) is 6.74. The van der Waals surface area contributed by atoms with E-state index in [1.807, 2.05) is 32.0 Å². The summed E-state index contributed by atoms with van der Waals surface area (Å²) in [5.74, 6) is -0.288. The Hall–Kier alpha value is -1.47. The molecule has 0 aromatic heterocycles. The van der Waals surface area contributed by atoms with Crippen LogP contribution in [0.4, 0.5) is 0 Å². The van der Waals surface area contributed by atoms with E-state index in [-0.39, 0.29) is 5.97 Å². The van der Waals surface area contributed by atoms with Gasteiger partial charge in [-0.1, -0.05) is 29.8 Å². The monoisotopic (exact) mass is 303 g/mol. The predicted octanol–water partition coefficient (Wildman–Crippen LogP) is 0.443. The fourth-order valence-electron chi connectivity index (χ4n) is 3.94. The molecule has 1 aromatic rings. The van der Waals surface area contributed by atoms with Gasteiger partial charge in [0.1, 0.15) is 11.1 Å². The number of ether oxygens (including phenoxy) is 1. The van der Waals surface area contributed by atoms with E-state index < -0.39 is 23.4 Å². The highest BCUT2D eigenvalue weighted by Gasteiger charge is 2.73. The summed E-state index contributed by atoms with van der Waals surface area (Å²) in [4.78, 5) is 18.4. The summed E-state index contributed by atoms with van der Waals surface area (Å²) < 4.78 is 5.66. The first-order valence-electron chi connectivity index (χ1n) is 7.68. The Kier molecular flexibility index (Phi) is 2.90. The van der Waals surface area contributed by atoms with Crippen LogP contribution in [-0.2, 0) is 20.9 Å². The van der Waals surface area contributed by atoms with E-state index in [9.17, 15) is 4.79 Å². The number of benzene rings is 1. The molecule has 0 bridgehead atoms. The number of rotatable bonds is 2. The van der Waals surface area contributed by atoms with E-state index >= 15 is 0 Å². The van der Waals surface area contributed by atoms with Crippen molar-refractivity contribution in [2.24, 2.45) is 5.73 Å². The van der Waals surface area contributed by atoms with Crippen LogP contribution in [0.5, 0.6) is 0 Å². The van der Waals surface area contributed by atoms with E-state index in [0.717, 1.165) is 12.1 Å². The third-order valence-corrected chi connectivity index (χ3v) is 5.23. The van der Waals surface area contributed by atoms with Crippen LogP contribution in [0.15, 0.2) is 24.3 Å². The van der Waals surface area contributed by atoms with Crippen LogP contribution in [-0.4, -0.2) is 41.0 Å². The summed E-state index contributed by atoms with van der Waals surface area (Å²) in [6.07, 6.45) is 0.302. The molecule has 0 aliphatic carbocycles. The molecule has 0 saturated carbocycles. The predicted molar refractivity (Wildman–Crippen MR) is 79.4 cm³/mol. The lowest BCUT2D eigenvalue weighted by atomic mass is 9.73. The van der Waals surface area contributed by atoms with Gasteiger partial charge in [-0.2, -0.15) is 5.06 Å². The molecule has 6 nitrogen and oxygen atoms in total. The molecular formula is C16H21N3O3. The molecular weight excluding hydrogens is 282 g/mol. The van der Waals surface area contributed by atoms with Gasteiger partial charge >= 0.3 is 5.97 Å². The summed E-state index contributed by atoms with van der Waals surface area (Å²) in [6.45, 7) is 5.19. The smallest absolute Gasteiger partial charge is 0.328 e. The fraction of sp³-hybridized carbons (Fsp3) is 0.562. The highest BCUT2D eigenvalue weighted by molar-refractivity contribution is 5.82. The summed E-state index contributed by atoms with van der Waals surface area (Å²) >= 11 is 0. The Morgan fingerprint density at radius 1 is 1.50 bits per heavy atom. The zero-order chi connectivity index (χ0) is 15.5. The number of nitrogens with one attached hydrogen (secondary N) is 1. The maximum atomic E-state index is 12.4. The Morgan fingerprint density at radius 2 is 2.32 bits per heavy atom. The van der Waals surface area contributed by atoms with E-state index in [4.69, 9.17) is 15.3 Å². The average Bonchev–Trinajstić information content (AvgIpc) is 2.84. The van der Waals surface area contributed by atoms with Gasteiger partial charge in [-0.25, -0.2) is 0 Å². The fourth-order valence-corrected chi connectivity index (χ4v) is 3.94. The van der Waals surface area contributed by atoms with E-state index in [1.165, 1.54) is 5.56 Å². The molecule has 4 atom stereocenters. The van der Waals surface area contributed by atoms with Crippen molar-refractivity contribution < 1.29 is 14.4 Å². The maximum Gasteiger partial charge on any atom is 0.328 e. The molecule has 3 N–H and O–H groups in total. The Bertz CT molecular complexity index is 637. The van der Waals surface area contributed by atoms with Gasteiger partial charge in [-0.3, -0.25) is 14.9 Å². The minimum atomic E-state index is -0.855. The number of aryl methyl sites for hydroxylation is 1. The Labute approximate surface area is 129 Å². The molecule has 4 rings (SSSR count). The second kappa shape index (κ2) is 4.52.